The van der Waals surface area contributed by atoms with Crippen LogP contribution in [0.4, 0.5) is 0 Å². The van der Waals surface area contributed by atoms with Gasteiger partial charge in [0, 0.05) is 16.7 Å². The summed E-state index contributed by atoms with van der Waals surface area (Å²) in [6, 6.07) is 1.79. The number of carboxylic acids is 1. The van der Waals surface area contributed by atoms with Crippen LogP contribution in [0.3, 0.4) is 0 Å². The number of carbonyl (C=O) groups is 1. The summed E-state index contributed by atoms with van der Waals surface area (Å²) in [5.74, 6) is 0.651. The van der Waals surface area contributed by atoms with E-state index in [-0.39, 0.29) is 6.42 Å². The standard InChI is InChI=1S/C13H16O4/c1-16-11-6-8(7-12(14)15)13(17-2)10-5-3-4-9(10)11/h6H,3-5,7H2,1-2H3,(H,14,15). The topological polar surface area (TPSA) is 55.8 Å². The lowest BCUT2D eigenvalue weighted by molar-refractivity contribution is -0.136. The maximum absolute atomic E-state index is 10.8. The summed E-state index contributed by atoms with van der Waals surface area (Å²) in [5.41, 5.74) is 2.97. The van der Waals surface area contributed by atoms with Crippen LogP contribution in [0.5, 0.6) is 11.5 Å². The molecule has 1 N–H and O–H groups in total. The van der Waals surface area contributed by atoms with Gasteiger partial charge in [0.05, 0.1) is 20.6 Å². The Labute approximate surface area is 100 Å². The smallest absolute Gasteiger partial charge is 0.307 e. The van der Waals surface area contributed by atoms with Crippen molar-refractivity contribution in [2.24, 2.45) is 0 Å². The maximum atomic E-state index is 10.8. The molecule has 0 aromatic heterocycles. The molecule has 1 aromatic rings. The van der Waals surface area contributed by atoms with Crippen molar-refractivity contribution >= 4 is 5.97 Å². The second-order valence-electron chi connectivity index (χ2n) is 4.15. The van der Waals surface area contributed by atoms with Gasteiger partial charge in [-0.2, -0.15) is 0 Å². The Morgan fingerprint density at radius 1 is 1.29 bits per heavy atom. The zero-order valence-corrected chi connectivity index (χ0v) is 10.1. The van der Waals surface area contributed by atoms with Crippen LogP contribution in [0.25, 0.3) is 0 Å². The Balaban J connectivity index is 2.55. The van der Waals surface area contributed by atoms with E-state index in [1.165, 1.54) is 5.56 Å². The first-order valence-electron chi connectivity index (χ1n) is 5.64. The lowest BCUT2D eigenvalue weighted by Gasteiger charge is -2.15. The van der Waals surface area contributed by atoms with Gasteiger partial charge in [-0.25, -0.2) is 0 Å². The summed E-state index contributed by atoms with van der Waals surface area (Å²) in [7, 11) is 3.21. The molecule has 0 heterocycles. The molecule has 0 unspecified atom stereocenters. The minimum absolute atomic E-state index is 0.0349. The summed E-state index contributed by atoms with van der Waals surface area (Å²) in [6.07, 6.45) is 2.94. The number of aliphatic carboxylic acids is 1. The van der Waals surface area contributed by atoms with E-state index in [2.05, 4.69) is 0 Å². The fourth-order valence-electron chi connectivity index (χ4n) is 2.50. The largest absolute Gasteiger partial charge is 0.496 e. The molecule has 0 radical (unpaired) electrons. The summed E-state index contributed by atoms with van der Waals surface area (Å²) in [6.45, 7) is 0. The number of ether oxygens (including phenoxy) is 2. The third-order valence-corrected chi connectivity index (χ3v) is 3.15. The highest BCUT2D eigenvalue weighted by Crippen LogP contribution is 2.40. The van der Waals surface area contributed by atoms with E-state index in [0.29, 0.717) is 5.56 Å². The van der Waals surface area contributed by atoms with Gasteiger partial charge >= 0.3 is 5.97 Å². The predicted molar refractivity (Wildman–Crippen MR) is 62.9 cm³/mol. The van der Waals surface area contributed by atoms with Gasteiger partial charge in [0.15, 0.2) is 0 Å². The second kappa shape index (κ2) is 4.65. The number of hydrogen-bond donors (Lipinski definition) is 1. The Morgan fingerprint density at radius 2 is 2.00 bits per heavy atom. The number of fused-ring (bicyclic) bond motifs is 1. The summed E-state index contributed by atoms with van der Waals surface area (Å²) in [5, 5.41) is 8.90. The van der Waals surface area contributed by atoms with Gasteiger partial charge in [-0.15, -0.1) is 0 Å². The molecule has 0 amide bonds. The van der Waals surface area contributed by atoms with E-state index in [4.69, 9.17) is 14.6 Å². The molecule has 4 heteroatoms. The minimum Gasteiger partial charge on any atom is -0.496 e. The van der Waals surface area contributed by atoms with Crippen LogP contribution in [0.2, 0.25) is 0 Å². The molecule has 0 saturated carbocycles. The Kier molecular flexibility index (Phi) is 3.22. The van der Waals surface area contributed by atoms with Gasteiger partial charge < -0.3 is 14.6 Å². The number of rotatable bonds is 4. The van der Waals surface area contributed by atoms with Crippen molar-refractivity contribution in [3.63, 3.8) is 0 Å². The van der Waals surface area contributed by atoms with Gasteiger partial charge in [0.2, 0.25) is 0 Å². The van der Waals surface area contributed by atoms with E-state index < -0.39 is 5.97 Å². The van der Waals surface area contributed by atoms with E-state index in [9.17, 15) is 4.79 Å². The van der Waals surface area contributed by atoms with Gasteiger partial charge in [-0.05, 0) is 25.3 Å². The van der Waals surface area contributed by atoms with Crippen molar-refractivity contribution in [1.82, 2.24) is 0 Å². The molecule has 2 rings (SSSR count). The van der Waals surface area contributed by atoms with Crippen molar-refractivity contribution < 1.29 is 19.4 Å². The molecule has 0 fully saturated rings. The zero-order valence-electron chi connectivity index (χ0n) is 10.1. The monoisotopic (exact) mass is 236 g/mol. The third kappa shape index (κ3) is 2.07. The van der Waals surface area contributed by atoms with E-state index in [1.807, 2.05) is 0 Å². The van der Waals surface area contributed by atoms with E-state index >= 15 is 0 Å². The Bertz CT molecular complexity index is 451. The van der Waals surface area contributed by atoms with Crippen LogP contribution in [0.1, 0.15) is 23.1 Å². The van der Waals surface area contributed by atoms with Crippen molar-refractivity contribution in [3.8, 4) is 11.5 Å². The number of benzene rings is 1. The normalized spacial score (nSPS) is 13.3. The molecule has 0 saturated heterocycles. The van der Waals surface area contributed by atoms with Gasteiger partial charge in [0.25, 0.3) is 0 Å². The van der Waals surface area contributed by atoms with Crippen LogP contribution in [-0.4, -0.2) is 25.3 Å². The zero-order chi connectivity index (χ0) is 12.4. The van der Waals surface area contributed by atoms with Crippen LogP contribution < -0.4 is 9.47 Å². The fourth-order valence-corrected chi connectivity index (χ4v) is 2.50. The SMILES string of the molecule is COc1cc(CC(=O)O)c(OC)c2c1CCC2. The third-order valence-electron chi connectivity index (χ3n) is 3.15. The van der Waals surface area contributed by atoms with Crippen molar-refractivity contribution in [2.75, 3.05) is 14.2 Å². The van der Waals surface area contributed by atoms with E-state index in [1.54, 1.807) is 20.3 Å². The molecule has 1 aliphatic rings. The number of hydrogen-bond acceptors (Lipinski definition) is 3. The fraction of sp³-hybridized carbons (Fsp3) is 0.462. The van der Waals surface area contributed by atoms with Crippen LogP contribution in [-0.2, 0) is 24.1 Å². The Morgan fingerprint density at radius 3 is 2.59 bits per heavy atom. The molecule has 4 nitrogen and oxygen atoms in total. The summed E-state index contributed by atoms with van der Waals surface area (Å²) < 4.78 is 10.7. The first-order valence-corrected chi connectivity index (χ1v) is 5.64. The van der Waals surface area contributed by atoms with Crippen LogP contribution in [0, 0.1) is 0 Å². The summed E-state index contributed by atoms with van der Waals surface area (Å²) in [4.78, 5) is 10.8. The van der Waals surface area contributed by atoms with Gasteiger partial charge in [-0.1, -0.05) is 0 Å². The molecule has 0 spiro atoms. The second-order valence-corrected chi connectivity index (χ2v) is 4.15. The number of methoxy groups -OCH3 is 2. The first kappa shape index (κ1) is 11.8. The molecular weight excluding hydrogens is 220 g/mol. The molecular formula is C13H16O4. The Hall–Kier alpha value is -1.71. The highest BCUT2D eigenvalue weighted by molar-refractivity contribution is 5.73. The van der Waals surface area contributed by atoms with E-state index in [0.717, 1.165) is 36.3 Å². The van der Waals surface area contributed by atoms with Gasteiger partial charge in [0.1, 0.15) is 11.5 Å². The molecule has 1 aliphatic carbocycles. The predicted octanol–water partition coefficient (Wildman–Crippen LogP) is 1.82. The quantitative estimate of drug-likeness (QED) is 0.866. The molecule has 0 bridgehead atoms. The minimum atomic E-state index is -0.858. The van der Waals surface area contributed by atoms with Crippen LogP contribution in [0.15, 0.2) is 6.07 Å². The molecule has 1 aromatic carbocycles. The van der Waals surface area contributed by atoms with Gasteiger partial charge in [-0.3, -0.25) is 4.79 Å². The van der Waals surface area contributed by atoms with Crippen molar-refractivity contribution in [3.05, 3.63) is 22.8 Å². The average molecular weight is 236 g/mol. The van der Waals surface area contributed by atoms with Crippen LogP contribution >= 0.6 is 0 Å². The lowest BCUT2D eigenvalue weighted by Crippen LogP contribution is -2.06. The molecule has 0 atom stereocenters. The maximum Gasteiger partial charge on any atom is 0.307 e. The van der Waals surface area contributed by atoms with Crippen molar-refractivity contribution in [1.29, 1.82) is 0 Å². The first-order chi connectivity index (χ1) is 8.17. The highest BCUT2D eigenvalue weighted by atomic mass is 16.5. The average Bonchev–Trinajstić information content (AvgIpc) is 2.76. The molecule has 0 aliphatic heterocycles. The van der Waals surface area contributed by atoms with Crippen molar-refractivity contribution in [2.45, 2.75) is 25.7 Å². The highest BCUT2D eigenvalue weighted by Gasteiger charge is 2.23. The molecule has 17 heavy (non-hydrogen) atoms. The summed E-state index contributed by atoms with van der Waals surface area (Å²) >= 11 is 0. The number of carboxylic acid groups (broad SMARTS) is 1. The molecule has 92 valence electrons. The lowest BCUT2D eigenvalue weighted by atomic mass is 10.0.